The number of nitrogens with one attached hydrogen (secondary N) is 1. The van der Waals surface area contributed by atoms with Crippen LogP contribution in [0.2, 0.25) is 0 Å². The smallest absolute Gasteiger partial charge is 0.222 e. The Morgan fingerprint density at radius 2 is 1.90 bits per heavy atom. The lowest BCUT2D eigenvalue weighted by Crippen LogP contribution is -2.52. The molecule has 2 aliphatic heterocycles. The van der Waals surface area contributed by atoms with Gasteiger partial charge in [-0.3, -0.25) is 14.7 Å². The summed E-state index contributed by atoms with van der Waals surface area (Å²) in [5.41, 5.74) is 3.38. The Balaban J connectivity index is 1.30. The number of guanidine groups is 1. The van der Waals surface area contributed by atoms with Crippen molar-refractivity contribution in [3.8, 4) is 0 Å². The van der Waals surface area contributed by atoms with Gasteiger partial charge in [-0.05, 0) is 17.5 Å². The molecule has 0 bridgehead atoms. The zero-order chi connectivity index (χ0) is 20.8. The summed E-state index contributed by atoms with van der Waals surface area (Å²) >= 11 is 0. The summed E-state index contributed by atoms with van der Waals surface area (Å²) in [7, 11) is 1.83. The molecule has 30 heavy (non-hydrogen) atoms. The molecule has 0 atom stereocenters. The van der Waals surface area contributed by atoms with Crippen molar-refractivity contribution in [3.05, 3.63) is 53.4 Å². The van der Waals surface area contributed by atoms with Crippen LogP contribution < -0.4 is 5.32 Å². The fourth-order valence-corrected chi connectivity index (χ4v) is 4.13. The molecule has 0 unspecified atom stereocenters. The first-order valence-corrected chi connectivity index (χ1v) is 10.6. The van der Waals surface area contributed by atoms with Crippen LogP contribution in [-0.2, 0) is 24.4 Å². The molecule has 0 aliphatic carbocycles. The molecular weight excluding hydrogens is 380 g/mol. The lowest BCUT2D eigenvalue weighted by Gasteiger charge is -2.36. The van der Waals surface area contributed by atoms with E-state index in [9.17, 15) is 4.79 Å². The molecule has 2 aliphatic rings. The van der Waals surface area contributed by atoms with Crippen LogP contribution in [0.25, 0.3) is 0 Å². The van der Waals surface area contributed by atoms with Crippen LogP contribution in [-0.4, -0.2) is 71.5 Å². The van der Waals surface area contributed by atoms with Gasteiger partial charge in [-0.25, -0.2) is 0 Å². The minimum Gasteiger partial charge on any atom is -0.364 e. The zero-order valence-electron chi connectivity index (χ0n) is 17.6. The molecule has 8 heteroatoms. The van der Waals surface area contributed by atoms with E-state index in [4.69, 9.17) is 4.52 Å². The number of carbonyl (C=O) groups excluding carboxylic acids is 1. The Labute approximate surface area is 177 Å². The highest BCUT2D eigenvalue weighted by atomic mass is 16.5. The maximum absolute atomic E-state index is 12.0. The Morgan fingerprint density at radius 3 is 2.57 bits per heavy atom. The van der Waals surface area contributed by atoms with Crippen molar-refractivity contribution in [1.29, 1.82) is 0 Å². The molecule has 1 amide bonds. The summed E-state index contributed by atoms with van der Waals surface area (Å²) in [6.07, 6.45) is 3.26. The highest BCUT2D eigenvalue weighted by Crippen LogP contribution is 2.17. The summed E-state index contributed by atoms with van der Waals surface area (Å²) in [5, 5.41) is 7.52. The second-order valence-corrected chi connectivity index (χ2v) is 7.84. The fraction of sp³-hybridized carbons (Fsp3) is 0.500. The van der Waals surface area contributed by atoms with Gasteiger partial charge in [-0.15, -0.1) is 0 Å². The van der Waals surface area contributed by atoms with Gasteiger partial charge < -0.3 is 19.6 Å². The highest BCUT2D eigenvalue weighted by molar-refractivity contribution is 5.80. The topological polar surface area (TPSA) is 77.2 Å². The molecule has 3 heterocycles. The molecule has 2 fully saturated rings. The number of carbonyl (C=O) groups is 1. The van der Waals surface area contributed by atoms with Crippen molar-refractivity contribution >= 4 is 11.9 Å². The monoisotopic (exact) mass is 410 g/mol. The van der Waals surface area contributed by atoms with Crippen molar-refractivity contribution < 1.29 is 9.32 Å². The van der Waals surface area contributed by atoms with E-state index < -0.39 is 0 Å². The minimum atomic E-state index is 0.261. The van der Waals surface area contributed by atoms with Crippen LogP contribution in [0.1, 0.15) is 29.7 Å². The van der Waals surface area contributed by atoms with Crippen LogP contribution in [0.15, 0.2) is 46.1 Å². The molecule has 0 saturated carbocycles. The summed E-state index contributed by atoms with van der Waals surface area (Å²) in [6, 6.07) is 10.3. The molecule has 2 aromatic rings. The van der Waals surface area contributed by atoms with Crippen molar-refractivity contribution in [3.63, 3.8) is 0 Å². The van der Waals surface area contributed by atoms with Crippen LogP contribution in [0, 0.1) is 0 Å². The molecule has 1 aromatic carbocycles. The lowest BCUT2D eigenvalue weighted by molar-refractivity contribution is -0.128. The summed E-state index contributed by atoms with van der Waals surface area (Å²) < 4.78 is 4.93. The second kappa shape index (κ2) is 9.75. The van der Waals surface area contributed by atoms with Crippen molar-refractivity contribution in [2.75, 3.05) is 39.8 Å². The number of aliphatic imine (C=N–C) groups is 1. The van der Waals surface area contributed by atoms with E-state index in [0.717, 1.165) is 57.3 Å². The Kier molecular flexibility index (Phi) is 6.63. The van der Waals surface area contributed by atoms with Gasteiger partial charge >= 0.3 is 0 Å². The Bertz CT molecular complexity index is 858. The standard InChI is InChI=1S/C22H30N6O2/c1-23-22(27-12-10-26(11-13-27)17-20-8-14-30-25-20)24-15-18-5-2-3-6-19(18)16-28-9-4-7-21(28)29/h2-3,5-6,8,14H,4,7,9-13,15-17H2,1H3,(H,23,24). The lowest BCUT2D eigenvalue weighted by atomic mass is 10.1. The Morgan fingerprint density at radius 1 is 1.10 bits per heavy atom. The van der Waals surface area contributed by atoms with E-state index in [0.29, 0.717) is 19.5 Å². The van der Waals surface area contributed by atoms with Gasteiger partial charge in [0.25, 0.3) is 0 Å². The predicted molar refractivity (Wildman–Crippen MR) is 115 cm³/mol. The SMILES string of the molecule is CN=C(NCc1ccccc1CN1CCCC1=O)N1CCN(Cc2ccon2)CC1. The maximum atomic E-state index is 12.0. The van der Waals surface area contributed by atoms with Crippen LogP contribution in [0.4, 0.5) is 0 Å². The third kappa shape index (κ3) is 4.99. The van der Waals surface area contributed by atoms with Gasteiger partial charge in [0, 0.05) is 71.9 Å². The molecule has 1 N–H and O–H groups in total. The van der Waals surface area contributed by atoms with Crippen LogP contribution in [0.5, 0.6) is 0 Å². The summed E-state index contributed by atoms with van der Waals surface area (Å²) in [5.74, 6) is 1.18. The van der Waals surface area contributed by atoms with Crippen molar-refractivity contribution in [2.24, 2.45) is 4.99 Å². The first kappa shape index (κ1) is 20.4. The average molecular weight is 411 g/mol. The van der Waals surface area contributed by atoms with E-state index in [-0.39, 0.29) is 5.91 Å². The number of hydrogen-bond donors (Lipinski definition) is 1. The number of aromatic nitrogens is 1. The van der Waals surface area contributed by atoms with E-state index in [1.54, 1.807) is 6.26 Å². The maximum Gasteiger partial charge on any atom is 0.222 e. The number of likely N-dealkylation sites (tertiary alicyclic amines) is 1. The number of hydrogen-bond acceptors (Lipinski definition) is 5. The van der Waals surface area contributed by atoms with Crippen molar-refractivity contribution in [1.82, 2.24) is 25.2 Å². The molecular formula is C22H30N6O2. The number of rotatable bonds is 6. The number of nitrogens with zero attached hydrogens (tertiary/aromatic N) is 5. The molecule has 8 nitrogen and oxygen atoms in total. The third-order valence-electron chi connectivity index (χ3n) is 5.85. The highest BCUT2D eigenvalue weighted by Gasteiger charge is 2.22. The molecule has 4 rings (SSSR count). The van der Waals surface area contributed by atoms with Crippen LogP contribution in [0.3, 0.4) is 0 Å². The van der Waals surface area contributed by atoms with Crippen LogP contribution >= 0.6 is 0 Å². The average Bonchev–Trinajstić information content (AvgIpc) is 3.43. The number of amides is 1. The van der Waals surface area contributed by atoms with Gasteiger partial charge in [0.15, 0.2) is 5.96 Å². The Hall–Kier alpha value is -2.87. The quantitative estimate of drug-likeness (QED) is 0.577. The molecule has 160 valence electrons. The number of benzene rings is 1. The largest absolute Gasteiger partial charge is 0.364 e. The normalized spacial score (nSPS) is 18.3. The molecule has 0 radical (unpaired) electrons. The molecule has 0 spiro atoms. The van der Waals surface area contributed by atoms with E-state index in [1.807, 2.05) is 24.1 Å². The van der Waals surface area contributed by atoms with E-state index in [2.05, 4.69) is 43.5 Å². The first-order valence-electron chi connectivity index (χ1n) is 10.6. The first-order chi connectivity index (χ1) is 14.7. The van der Waals surface area contributed by atoms with Gasteiger partial charge in [-0.1, -0.05) is 29.4 Å². The second-order valence-electron chi connectivity index (χ2n) is 7.84. The molecule has 1 aromatic heterocycles. The van der Waals surface area contributed by atoms with Gasteiger partial charge in [0.2, 0.25) is 5.91 Å². The van der Waals surface area contributed by atoms with Gasteiger partial charge in [0.05, 0.1) is 5.69 Å². The predicted octanol–water partition coefficient (Wildman–Crippen LogP) is 1.69. The van der Waals surface area contributed by atoms with E-state index in [1.165, 1.54) is 11.1 Å². The zero-order valence-corrected chi connectivity index (χ0v) is 17.6. The number of piperazine rings is 1. The molecule has 2 saturated heterocycles. The third-order valence-corrected chi connectivity index (χ3v) is 5.85. The van der Waals surface area contributed by atoms with Gasteiger partial charge in [-0.2, -0.15) is 0 Å². The van der Waals surface area contributed by atoms with E-state index >= 15 is 0 Å². The fourth-order valence-electron chi connectivity index (χ4n) is 4.13. The van der Waals surface area contributed by atoms with Gasteiger partial charge in [0.1, 0.15) is 6.26 Å². The minimum absolute atomic E-state index is 0.261. The summed E-state index contributed by atoms with van der Waals surface area (Å²) in [6.45, 7) is 6.82. The van der Waals surface area contributed by atoms with Crippen molar-refractivity contribution in [2.45, 2.75) is 32.5 Å². The summed E-state index contributed by atoms with van der Waals surface area (Å²) in [4.78, 5) is 23.1.